The molecule has 0 fully saturated rings. The zero-order valence-electron chi connectivity index (χ0n) is 8.21. The van der Waals surface area contributed by atoms with E-state index in [4.69, 9.17) is 11.6 Å². The minimum absolute atomic E-state index is 0.193. The number of amides is 1. The largest absolute Gasteiger partial charge is 0.322 e. The van der Waals surface area contributed by atoms with Gasteiger partial charge in [-0.2, -0.15) is 0 Å². The fraction of sp³-hybridized carbons (Fsp3) is 0. The highest BCUT2D eigenvalue weighted by atomic mass is 79.9. The Hall–Kier alpha value is -0.430. The summed E-state index contributed by atoms with van der Waals surface area (Å²) in [5.74, 6) is -0.193. The molecule has 0 spiro atoms. The van der Waals surface area contributed by atoms with Crippen LogP contribution in [0.1, 0.15) is 10.4 Å². The Kier molecular flexibility index (Phi) is 4.19. The molecule has 0 aliphatic carbocycles. The van der Waals surface area contributed by atoms with Gasteiger partial charge in [-0.3, -0.25) is 4.79 Å². The number of thiophene rings is 1. The standard InChI is InChI=1S/C10H5Br2ClN2OS/c11-7-4-6(9(12)17-7)10(16)15-5-1-2-14-8(13)3-5/h1-4H,(H,14,15,16). The van der Waals surface area contributed by atoms with Gasteiger partial charge in [-0.25, -0.2) is 4.98 Å². The van der Waals surface area contributed by atoms with E-state index in [2.05, 4.69) is 42.2 Å². The average molecular weight is 396 g/mol. The predicted octanol–water partition coefficient (Wildman–Crippen LogP) is 4.57. The van der Waals surface area contributed by atoms with Crippen molar-refractivity contribution in [3.8, 4) is 0 Å². The molecule has 0 aliphatic rings. The molecule has 0 saturated heterocycles. The van der Waals surface area contributed by atoms with E-state index in [-0.39, 0.29) is 5.91 Å². The van der Waals surface area contributed by atoms with Crippen molar-refractivity contribution in [3.05, 3.63) is 42.7 Å². The number of hydrogen-bond acceptors (Lipinski definition) is 3. The Bertz CT molecular complexity index is 573. The van der Waals surface area contributed by atoms with Gasteiger partial charge >= 0.3 is 0 Å². The highest BCUT2D eigenvalue weighted by Gasteiger charge is 2.13. The molecule has 0 aliphatic heterocycles. The monoisotopic (exact) mass is 394 g/mol. The van der Waals surface area contributed by atoms with Crippen LogP contribution in [-0.4, -0.2) is 10.9 Å². The summed E-state index contributed by atoms with van der Waals surface area (Å²) in [5, 5.41) is 3.09. The van der Waals surface area contributed by atoms with E-state index >= 15 is 0 Å². The number of anilines is 1. The van der Waals surface area contributed by atoms with Crippen LogP contribution in [0.15, 0.2) is 32.0 Å². The smallest absolute Gasteiger partial charge is 0.257 e. The first kappa shape index (κ1) is 13.0. The lowest BCUT2D eigenvalue weighted by atomic mass is 10.3. The third kappa shape index (κ3) is 3.28. The first-order chi connectivity index (χ1) is 8.06. The van der Waals surface area contributed by atoms with Gasteiger partial charge in [0.2, 0.25) is 0 Å². The molecule has 1 amide bonds. The second-order valence-electron chi connectivity index (χ2n) is 3.06. The minimum Gasteiger partial charge on any atom is -0.322 e. The van der Waals surface area contributed by atoms with Crippen molar-refractivity contribution in [2.75, 3.05) is 5.32 Å². The molecular formula is C10H5Br2ClN2OS. The third-order valence-corrected chi connectivity index (χ3v) is 4.43. The number of carbonyl (C=O) groups is 1. The Balaban J connectivity index is 2.20. The summed E-state index contributed by atoms with van der Waals surface area (Å²) >= 11 is 13.8. The van der Waals surface area contributed by atoms with E-state index in [9.17, 15) is 4.79 Å². The van der Waals surface area contributed by atoms with Crippen LogP contribution in [-0.2, 0) is 0 Å². The molecule has 2 aromatic heterocycles. The summed E-state index contributed by atoms with van der Waals surface area (Å²) in [6, 6.07) is 5.03. The highest BCUT2D eigenvalue weighted by molar-refractivity contribution is 9.12. The summed E-state index contributed by atoms with van der Waals surface area (Å²) in [7, 11) is 0. The van der Waals surface area contributed by atoms with Gasteiger partial charge in [-0.15, -0.1) is 11.3 Å². The van der Waals surface area contributed by atoms with Crippen LogP contribution in [0.3, 0.4) is 0 Å². The molecule has 0 aromatic carbocycles. The number of hydrogen-bond donors (Lipinski definition) is 1. The number of nitrogens with one attached hydrogen (secondary N) is 1. The second-order valence-corrected chi connectivity index (χ2v) is 7.20. The van der Waals surface area contributed by atoms with Gasteiger partial charge in [0.25, 0.3) is 5.91 Å². The first-order valence-corrected chi connectivity index (χ1v) is 7.22. The quantitative estimate of drug-likeness (QED) is 0.756. The molecule has 0 saturated carbocycles. The van der Waals surface area contributed by atoms with Gasteiger partial charge in [0, 0.05) is 11.9 Å². The van der Waals surface area contributed by atoms with Gasteiger partial charge in [-0.05, 0) is 50.1 Å². The lowest BCUT2D eigenvalue weighted by Gasteiger charge is -2.03. The van der Waals surface area contributed by atoms with Crippen molar-refractivity contribution in [2.24, 2.45) is 0 Å². The summed E-state index contributed by atoms with van der Waals surface area (Å²) in [4.78, 5) is 15.8. The number of carbonyl (C=O) groups excluding carboxylic acids is 1. The number of rotatable bonds is 2. The average Bonchev–Trinajstić information content (AvgIpc) is 2.58. The van der Waals surface area contributed by atoms with Crippen molar-refractivity contribution < 1.29 is 4.79 Å². The second kappa shape index (κ2) is 5.48. The molecule has 17 heavy (non-hydrogen) atoms. The predicted molar refractivity (Wildman–Crippen MR) is 76.9 cm³/mol. The van der Waals surface area contributed by atoms with E-state index in [0.717, 1.165) is 7.57 Å². The van der Waals surface area contributed by atoms with Crippen LogP contribution in [0.2, 0.25) is 5.15 Å². The fourth-order valence-corrected chi connectivity index (χ4v) is 4.14. The minimum atomic E-state index is -0.193. The van der Waals surface area contributed by atoms with Crippen LogP contribution < -0.4 is 5.32 Å². The molecular weight excluding hydrogens is 391 g/mol. The third-order valence-electron chi connectivity index (χ3n) is 1.89. The maximum Gasteiger partial charge on any atom is 0.257 e. The van der Waals surface area contributed by atoms with Crippen molar-refractivity contribution in [2.45, 2.75) is 0 Å². The Labute approximate surface area is 123 Å². The SMILES string of the molecule is O=C(Nc1ccnc(Cl)c1)c1cc(Br)sc1Br. The zero-order chi connectivity index (χ0) is 12.4. The molecule has 0 unspecified atom stereocenters. The van der Waals surface area contributed by atoms with E-state index in [1.165, 1.54) is 17.5 Å². The molecule has 7 heteroatoms. The maximum atomic E-state index is 11.9. The van der Waals surface area contributed by atoms with Gasteiger partial charge in [0.1, 0.15) is 5.15 Å². The Morgan fingerprint density at radius 2 is 2.18 bits per heavy atom. The van der Waals surface area contributed by atoms with E-state index in [1.54, 1.807) is 18.2 Å². The number of aromatic nitrogens is 1. The zero-order valence-corrected chi connectivity index (χ0v) is 13.0. The summed E-state index contributed by atoms with van der Waals surface area (Å²) < 4.78 is 1.67. The molecule has 2 rings (SSSR count). The lowest BCUT2D eigenvalue weighted by Crippen LogP contribution is -2.11. The van der Waals surface area contributed by atoms with E-state index < -0.39 is 0 Å². The van der Waals surface area contributed by atoms with Crippen LogP contribution in [0.25, 0.3) is 0 Å². The van der Waals surface area contributed by atoms with Crippen LogP contribution in [0.4, 0.5) is 5.69 Å². The number of pyridine rings is 1. The maximum absolute atomic E-state index is 11.9. The lowest BCUT2D eigenvalue weighted by molar-refractivity contribution is 0.102. The van der Waals surface area contributed by atoms with E-state index in [0.29, 0.717) is 16.4 Å². The fourth-order valence-electron chi connectivity index (χ4n) is 1.17. The van der Waals surface area contributed by atoms with Gasteiger partial charge in [0.15, 0.2) is 0 Å². The van der Waals surface area contributed by atoms with Crippen LogP contribution >= 0.6 is 54.8 Å². The van der Waals surface area contributed by atoms with Gasteiger partial charge < -0.3 is 5.32 Å². The molecule has 1 N–H and O–H groups in total. The molecule has 0 bridgehead atoms. The number of nitrogens with zero attached hydrogens (tertiary/aromatic N) is 1. The van der Waals surface area contributed by atoms with E-state index in [1.807, 2.05) is 0 Å². The summed E-state index contributed by atoms with van der Waals surface area (Å²) in [5.41, 5.74) is 1.19. The molecule has 0 radical (unpaired) electrons. The van der Waals surface area contributed by atoms with Crippen molar-refractivity contribution >= 4 is 66.4 Å². The van der Waals surface area contributed by atoms with Crippen molar-refractivity contribution in [1.82, 2.24) is 4.98 Å². The molecule has 2 heterocycles. The van der Waals surface area contributed by atoms with Gasteiger partial charge in [-0.1, -0.05) is 11.6 Å². The molecule has 0 atom stereocenters. The van der Waals surface area contributed by atoms with Crippen molar-refractivity contribution in [3.63, 3.8) is 0 Å². The van der Waals surface area contributed by atoms with Gasteiger partial charge in [0.05, 0.1) is 13.1 Å². The Morgan fingerprint density at radius 1 is 1.41 bits per heavy atom. The normalized spacial score (nSPS) is 10.3. The van der Waals surface area contributed by atoms with Crippen LogP contribution in [0, 0.1) is 0 Å². The molecule has 3 nitrogen and oxygen atoms in total. The topological polar surface area (TPSA) is 42.0 Å². The summed E-state index contributed by atoms with van der Waals surface area (Å²) in [6.07, 6.45) is 1.54. The van der Waals surface area contributed by atoms with Crippen molar-refractivity contribution in [1.29, 1.82) is 0 Å². The molecule has 88 valence electrons. The van der Waals surface area contributed by atoms with Crippen LogP contribution in [0.5, 0.6) is 0 Å². The first-order valence-electron chi connectivity index (χ1n) is 4.44. The summed E-state index contributed by atoms with van der Waals surface area (Å²) in [6.45, 7) is 0. The highest BCUT2D eigenvalue weighted by Crippen LogP contribution is 2.32. The number of halogens is 3. The molecule has 2 aromatic rings. The Morgan fingerprint density at radius 3 is 2.76 bits per heavy atom.